The number of carbonyl (C=O) groups excluding carboxylic acids is 1. The number of likely N-dealkylation sites (tertiary alicyclic amines) is 1. The van der Waals surface area contributed by atoms with Gasteiger partial charge in [0.2, 0.25) is 0 Å². The number of likely N-dealkylation sites (N-methyl/N-ethyl adjacent to an activating group) is 1. The number of benzene rings is 2. The summed E-state index contributed by atoms with van der Waals surface area (Å²) in [5, 5.41) is 3.16. The average molecular weight is 428 g/mol. The normalized spacial score (nSPS) is 17.8. The van der Waals surface area contributed by atoms with Gasteiger partial charge in [0.15, 0.2) is 0 Å². The molecule has 0 aromatic heterocycles. The summed E-state index contributed by atoms with van der Waals surface area (Å²) in [4.78, 5) is 17.4. The number of rotatable bonds is 5. The van der Waals surface area contributed by atoms with Crippen molar-refractivity contribution in [2.75, 3.05) is 38.1 Å². The highest BCUT2D eigenvalue weighted by Gasteiger charge is 2.26. The molecule has 1 unspecified atom stereocenters. The van der Waals surface area contributed by atoms with Crippen LogP contribution in [0, 0.1) is 0 Å². The lowest BCUT2D eigenvalue weighted by Gasteiger charge is -2.29. The topological polar surface area (TPSA) is 35.6 Å². The minimum atomic E-state index is -0.00686. The molecule has 2 heterocycles. The largest absolute Gasteiger partial charge is 0.374 e. The number of fused-ring (bicyclic) bond motifs is 1. The Balaban J connectivity index is 1.51. The third-order valence-corrected chi connectivity index (χ3v) is 6.29. The first-order valence-electron chi connectivity index (χ1n) is 9.73. The molecule has 27 heavy (non-hydrogen) atoms. The highest BCUT2D eigenvalue weighted by Crippen LogP contribution is 2.32. The molecule has 0 saturated carbocycles. The molecule has 1 N–H and O–H groups in total. The minimum absolute atomic E-state index is 0.00686. The summed E-state index contributed by atoms with van der Waals surface area (Å²) in [7, 11) is 2.15. The van der Waals surface area contributed by atoms with E-state index in [1.54, 1.807) is 0 Å². The standard InChI is InChI=1S/C22H26BrN3O/c1-25-13-10-18-14-17(6-9-20(18)25)21(26-11-2-3-12-26)15-24-22(27)16-4-7-19(23)8-5-16/h4-9,14,21H,2-3,10-13,15H2,1H3,(H,24,27). The van der Waals surface area contributed by atoms with E-state index in [1.807, 2.05) is 24.3 Å². The van der Waals surface area contributed by atoms with Crippen molar-refractivity contribution in [1.29, 1.82) is 0 Å². The fourth-order valence-corrected chi connectivity index (χ4v) is 4.46. The molecule has 4 nitrogen and oxygen atoms in total. The Labute approximate surface area is 169 Å². The van der Waals surface area contributed by atoms with Crippen molar-refractivity contribution in [2.45, 2.75) is 25.3 Å². The summed E-state index contributed by atoms with van der Waals surface area (Å²) >= 11 is 3.42. The number of hydrogen-bond acceptors (Lipinski definition) is 3. The van der Waals surface area contributed by atoms with Gasteiger partial charge >= 0.3 is 0 Å². The van der Waals surface area contributed by atoms with Gasteiger partial charge in [-0.05, 0) is 73.8 Å². The number of halogens is 1. The fourth-order valence-electron chi connectivity index (χ4n) is 4.20. The van der Waals surface area contributed by atoms with Crippen LogP contribution < -0.4 is 10.2 Å². The van der Waals surface area contributed by atoms with Crippen LogP contribution in [0.3, 0.4) is 0 Å². The number of anilines is 1. The molecule has 5 heteroatoms. The van der Waals surface area contributed by atoms with Crippen LogP contribution in [0.5, 0.6) is 0 Å². The lowest BCUT2D eigenvalue weighted by molar-refractivity contribution is 0.0938. The smallest absolute Gasteiger partial charge is 0.251 e. The van der Waals surface area contributed by atoms with Gasteiger partial charge in [0.25, 0.3) is 5.91 Å². The van der Waals surface area contributed by atoms with Crippen molar-refractivity contribution in [2.24, 2.45) is 0 Å². The zero-order chi connectivity index (χ0) is 18.8. The molecule has 1 atom stereocenters. The molecule has 1 amide bonds. The number of amides is 1. The third kappa shape index (κ3) is 4.04. The maximum atomic E-state index is 12.6. The van der Waals surface area contributed by atoms with Crippen molar-refractivity contribution in [3.8, 4) is 0 Å². The van der Waals surface area contributed by atoms with Gasteiger partial charge in [0, 0.05) is 35.9 Å². The van der Waals surface area contributed by atoms with E-state index in [4.69, 9.17) is 0 Å². The maximum Gasteiger partial charge on any atom is 0.251 e. The van der Waals surface area contributed by atoms with E-state index >= 15 is 0 Å². The van der Waals surface area contributed by atoms with E-state index in [0.29, 0.717) is 12.1 Å². The first-order valence-corrected chi connectivity index (χ1v) is 10.5. The lowest BCUT2D eigenvalue weighted by atomic mass is 10.0. The summed E-state index contributed by atoms with van der Waals surface area (Å²) in [5.41, 5.74) is 4.80. The van der Waals surface area contributed by atoms with Crippen LogP contribution in [0.1, 0.15) is 40.4 Å². The Morgan fingerprint density at radius 2 is 1.85 bits per heavy atom. The molecular weight excluding hydrogens is 402 g/mol. The van der Waals surface area contributed by atoms with E-state index < -0.39 is 0 Å². The van der Waals surface area contributed by atoms with Crippen molar-refractivity contribution < 1.29 is 4.79 Å². The molecule has 4 rings (SSSR count). The van der Waals surface area contributed by atoms with Gasteiger partial charge in [-0.1, -0.05) is 28.1 Å². The molecule has 0 bridgehead atoms. The van der Waals surface area contributed by atoms with E-state index in [0.717, 1.165) is 30.5 Å². The quantitative estimate of drug-likeness (QED) is 0.782. The summed E-state index contributed by atoms with van der Waals surface area (Å²) in [6.07, 6.45) is 3.59. The Morgan fingerprint density at radius 1 is 1.11 bits per heavy atom. The molecule has 0 radical (unpaired) electrons. The van der Waals surface area contributed by atoms with Crippen molar-refractivity contribution in [1.82, 2.24) is 10.2 Å². The van der Waals surface area contributed by atoms with Crippen LogP contribution in [-0.4, -0.2) is 44.0 Å². The summed E-state index contributed by atoms with van der Waals surface area (Å²) in [6.45, 7) is 3.95. The lowest BCUT2D eigenvalue weighted by Crippen LogP contribution is -2.36. The Bertz CT molecular complexity index is 815. The first kappa shape index (κ1) is 18.5. The van der Waals surface area contributed by atoms with Gasteiger partial charge in [-0.3, -0.25) is 9.69 Å². The van der Waals surface area contributed by atoms with Gasteiger partial charge in [-0.15, -0.1) is 0 Å². The fraction of sp³-hybridized carbons (Fsp3) is 0.409. The van der Waals surface area contributed by atoms with Crippen LogP contribution in [-0.2, 0) is 6.42 Å². The molecule has 2 aliphatic rings. The second-order valence-electron chi connectivity index (χ2n) is 7.54. The van der Waals surface area contributed by atoms with Gasteiger partial charge in [0.05, 0.1) is 6.04 Å². The molecule has 2 aromatic carbocycles. The second kappa shape index (κ2) is 8.03. The molecule has 2 aliphatic heterocycles. The van der Waals surface area contributed by atoms with Gasteiger partial charge in [-0.2, -0.15) is 0 Å². The van der Waals surface area contributed by atoms with Crippen LogP contribution in [0.4, 0.5) is 5.69 Å². The monoisotopic (exact) mass is 427 g/mol. The number of hydrogen-bond donors (Lipinski definition) is 1. The van der Waals surface area contributed by atoms with Gasteiger partial charge in [-0.25, -0.2) is 0 Å². The van der Waals surface area contributed by atoms with Crippen molar-refractivity contribution in [3.63, 3.8) is 0 Å². The van der Waals surface area contributed by atoms with Crippen LogP contribution >= 0.6 is 15.9 Å². The van der Waals surface area contributed by atoms with E-state index in [9.17, 15) is 4.79 Å². The van der Waals surface area contributed by atoms with Crippen molar-refractivity contribution >= 4 is 27.5 Å². The average Bonchev–Trinajstić information content (AvgIpc) is 3.33. The molecule has 2 aromatic rings. The van der Waals surface area contributed by atoms with Crippen molar-refractivity contribution in [3.05, 3.63) is 63.6 Å². The van der Waals surface area contributed by atoms with Gasteiger partial charge < -0.3 is 10.2 Å². The predicted octanol–water partition coefficient (Wildman–Crippen LogP) is 4.01. The van der Waals surface area contributed by atoms with Gasteiger partial charge in [0.1, 0.15) is 0 Å². The zero-order valence-electron chi connectivity index (χ0n) is 15.7. The van der Waals surface area contributed by atoms with E-state index in [1.165, 1.54) is 29.7 Å². The molecule has 0 aliphatic carbocycles. The predicted molar refractivity (Wildman–Crippen MR) is 113 cm³/mol. The SMILES string of the molecule is CN1CCc2cc(C(CNC(=O)c3ccc(Br)cc3)N3CCCC3)ccc21. The minimum Gasteiger partial charge on any atom is -0.374 e. The number of nitrogens with one attached hydrogen (secondary N) is 1. The van der Waals surface area contributed by atoms with Crippen LogP contribution in [0.2, 0.25) is 0 Å². The highest BCUT2D eigenvalue weighted by molar-refractivity contribution is 9.10. The molecule has 1 saturated heterocycles. The van der Waals surface area contributed by atoms with E-state index in [-0.39, 0.29) is 11.9 Å². The first-order chi connectivity index (χ1) is 13.1. The molecule has 0 spiro atoms. The Kier molecular flexibility index (Phi) is 5.50. The Morgan fingerprint density at radius 3 is 2.59 bits per heavy atom. The molecular formula is C22H26BrN3O. The summed E-state index contributed by atoms with van der Waals surface area (Å²) < 4.78 is 0.983. The third-order valence-electron chi connectivity index (χ3n) is 5.76. The Hall–Kier alpha value is -1.85. The zero-order valence-corrected chi connectivity index (χ0v) is 17.3. The molecule has 142 valence electrons. The summed E-state index contributed by atoms with van der Waals surface area (Å²) in [5.74, 6) is -0.00686. The number of carbonyl (C=O) groups is 1. The summed E-state index contributed by atoms with van der Waals surface area (Å²) in [6, 6.07) is 14.6. The number of nitrogens with zero attached hydrogens (tertiary/aromatic N) is 2. The second-order valence-corrected chi connectivity index (χ2v) is 8.45. The maximum absolute atomic E-state index is 12.6. The van der Waals surface area contributed by atoms with Crippen LogP contribution in [0.15, 0.2) is 46.9 Å². The van der Waals surface area contributed by atoms with Crippen LogP contribution in [0.25, 0.3) is 0 Å². The highest BCUT2D eigenvalue weighted by atomic mass is 79.9. The van der Waals surface area contributed by atoms with E-state index in [2.05, 4.69) is 56.3 Å². The molecule has 1 fully saturated rings.